The minimum absolute atomic E-state index is 0.421. The number of hydrogen-bond acceptors (Lipinski definition) is 5. The van der Waals surface area contributed by atoms with Crippen molar-refractivity contribution in [3.05, 3.63) is 53.6 Å². The number of benzene rings is 1. The predicted molar refractivity (Wildman–Crippen MR) is 72.9 cm³/mol. The van der Waals surface area contributed by atoms with E-state index in [1.165, 1.54) is 6.07 Å². The summed E-state index contributed by atoms with van der Waals surface area (Å²) in [4.78, 5) is 3.83. The van der Waals surface area contributed by atoms with Crippen LogP contribution in [0.5, 0.6) is 11.5 Å². The highest BCUT2D eigenvalue weighted by Gasteiger charge is 2.18. The fourth-order valence-electron chi connectivity index (χ4n) is 2.01. The highest BCUT2D eigenvalue weighted by atomic mass is 19.1. The van der Waals surface area contributed by atoms with Crippen LogP contribution in [0, 0.1) is 5.82 Å². The molecule has 1 atom stereocenters. The predicted octanol–water partition coefficient (Wildman–Crippen LogP) is 1.79. The molecule has 1 aromatic carbocycles. The van der Waals surface area contributed by atoms with Crippen LogP contribution in [-0.2, 0) is 0 Å². The van der Waals surface area contributed by atoms with Gasteiger partial charge in [0, 0.05) is 17.8 Å². The standard InChI is InChI=1S/C14H16FN3O2/c1-19-11-3-4-12(13(6-11)20-2)14(18-16)9-5-10(15)8-17-7-9/h3-8,14,18H,16H2,1-2H3. The molecule has 0 spiro atoms. The first kappa shape index (κ1) is 14.2. The number of halogens is 1. The lowest BCUT2D eigenvalue weighted by Gasteiger charge is -2.19. The average molecular weight is 277 g/mol. The molecule has 1 heterocycles. The number of pyridine rings is 1. The van der Waals surface area contributed by atoms with Gasteiger partial charge in [-0.3, -0.25) is 10.8 Å². The first-order valence-electron chi connectivity index (χ1n) is 5.98. The van der Waals surface area contributed by atoms with Gasteiger partial charge in [0.2, 0.25) is 0 Å². The first-order chi connectivity index (χ1) is 9.69. The van der Waals surface area contributed by atoms with E-state index in [4.69, 9.17) is 15.3 Å². The zero-order valence-corrected chi connectivity index (χ0v) is 11.3. The van der Waals surface area contributed by atoms with Crippen LogP contribution in [-0.4, -0.2) is 19.2 Å². The topological polar surface area (TPSA) is 69.4 Å². The van der Waals surface area contributed by atoms with E-state index in [9.17, 15) is 4.39 Å². The molecule has 0 radical (unpaired) electrons. The van der Waals surface area contributed by atoms with Gasteiger partial charge in [-0.15, -0.1) is 0 Å². The number of nitrogens with zero attached hydrogens (tertiary/aromatic N) is 1. The Morgan fingerprint density at radius 3 is 2.60 bits per heavy atom. The second-order valence-electron chi connectivity index (χ2n) is 4.14. The van der Waals surface area contributed by atoms with Gasteiger partial charge in [0.15, 0.2) is 0 Å². The maximum Gasteiger partial charge on any atom is 0.141 e. The monoisotopic (exact) mass is 277 g/mol. The molecule has 2 aromatic rings. The molecule has 106 valence electrons. The molecule has 0 amide bonds. The number of methoxy groups -OCH3 is 2. The molecule has 5 nitrogen and oxygen atoms in total. The number of nitrogens with one attached hydrogen (secondary N) is 1. The molecule has 0 saturated carbocycles. The third-order valence-electron chi connectivity index (χ3n) is 2.98. The van der Waals surface area contributed by atoms with Crippen molar-refractivity contribution in [2.75, 3.05) is 14.2 Å². The lowest BCUT2D eigenvalue weighted by Crippen LogP contribution is -2.29. The highest BCUT2D eigenvalue weighted by Crippen LogP contribution is 2.32. The Balaban J connectivity index is 2.46. The summed E-state index contributed by atoms with van der Waals surface area (Å²) in [5.41, 5.74) is 4.02. The van der Waals surface area contributed by atoms with Gasteiger partial charge in [-0.1, -0.05) is 0 Å². The Kier molecular flexibility index (Phi) is 4.49. The Hall–Kier alpha value is -2.18. The normalized spacial score (nSPS) is 12.0. The largest absolute Gasteiger partial charge is 0.497 e. The average Bonchev–Trinajstić information content (AvgIpc) is 2.48. The third kappa shape index (κ3) is 2.87. The summed E-state index contributed by atoms with van der Waals surface area (Å²) in [6.07, 6.45) is 2.69. The molecule has 0 aliphatic rings. The summed E-state index contributed by atoms with van der Waals surface area (Å²) in [6.45, 7) is 0. The molecule has 0 bridgehead atoms. The molecular weight excluding hydrogens is 261 g/mol. The van der Waals surface area contributed by atoms with Gasteiger partial charge in [0.05, 0.1) is 26.5 Å². The van der Waals surface area contributed by atoms with Crippen LogP contribution in [0.2, 0.25) is 0 Å². The minimum Gasteiger partial charge on any atom is -0.497 e. The van der Waals surface area contributed by atoms with E-state index in [2.05, 4.69) is 10.4 Å². The highest BCUT2D eigenvalue weighted by molar-refractivity contribution is 5.45. The molecule has 3 N–H and O–H groups in total. The molecule has 6 heteroatoms. The Morgan fingerprint density at radius 1 is 1.20 bits per heavy atom. The van der Waals surface area contributed by atoms with Gasteiger partial charge in [-0.05, 0) is 23.8 Å². The summed E-state index contributed by atoms with van der Waals surface area (Å²) >= 11 is 0. The van der Waals surface area contributed by atoms with Crippen molar-refractivity contribution < 1.29 is 13.9 Å². The van der Waals surface area contributed by atoms with E-state index in [0.717, 1.165) is 11.8 Å². The molecule has 2 rings (SSSR count). The van der Waals surface area contributed by atoms with Crippen molar-refractivity contribution in [3.63, 3.8) is 0 Å². The number of nitrogens with two attached hydrogens (primary N) is 1. The lowest BCUT2D eigenvalue weighted by atomic mass is 9.99. The van der Waals surface area contributed by atoms with Crippen LogP contribution >= 0.6 is 0 Å². The summed E-state index contributed by atoms with van der Waals surface area (Å²) in [5, 5.41) is 0. The SMILES string of the molecule is COc1ccc(C(NN)c2cncc(F)c2)c(OC)c1. The number of hydrazine groups is 1. The molecule has 0 fully saturated rings. The van der Waals surface area contributed by atoms with E-state index in [1.54, 1.807) is 32.5 Å². The molecule has 20 heavy (non-hydrogen) atoms. The first-order valence-corrected chi connectivity index (χ1v) is 5.98. The second-order valence-corrected chi connectivity index (χ2v) is 4.14. The Bertz CT molecular complexity index is 592. The van der Waals surface area contributed by atoms with Crippen LogP contribution in [0.4, 0.5) is 4.39 Å². The van der Waals surface area contributed by atoms with Gasteiger partial charge < -0.3 is 9.47 Å². The van der Waals surface area contributed by atoms with Crippen LogP contribution in [0.3, 0.4) is 0 Å². The molecule has 1 aromatic heterocycles. The maximum absolute atomic E-state index is 13.3. The van der Waals surface area contributed by atoms with E-state index in [0.29, 0.717) is 17.1 Å². The fourth-order valence-corrected chi connectivity index (χ4v) is 2.01. The number of aromatic nitrogens is 1. The molecule has 1 unspecified atom stereocenters. The van der Waals surface area contributed by atoms with Crippen molar-refractivity contribution in [2.45, 2.75) is 6.04 Å². The summed E-state index contributed by atoms with van der Waals surface area (Å²) in [5.74, 6) is 6.43. The van der Waals surface area contributed by atoms with Gasteiger partial charge >= 0.3 is 0 Å². The molecular formula is C14H16FN3O2. The third-order valence-corrected chi connectivity index (χ3v) is 2.98. The van der Waals surface area contributed by atoms with Crippen LogP contribution in [0.25, 0.3) is 0 Å². The van der Waals surface area contributed by atoms with Crippen molar-refractivity contribution in [2.24, 2.45) is 5.84 Å². The zero-order chi connectivity index (χ0) is 14.5. The lowest BCUT2D eigenvalue weighted by molar-refractivity contribution is 0.387. The van der Waals surface area contributed by atoms with Crippen molar-refractivity contribution in [1.82, 2.24) is 10.4 Å². The quantitative estimate of drug-likeness (QED) is 0.644. The van der Waals surface area contributed by atoms with Gasteiger partial charge in [0.1, 0.15) is 17.3 Å². The Morgan fingerprint density at radius 2 is 2.00 bits per heavy atom. The van der Waals surface area contributed by atoms with E-state index in [1.807, 2.05) is 6.07 Å². The fraction of sp³-hybridized carbons (Fsp3) is 0.214. The van der Waals surface area contributed by atoms with E-state index < -0.39 is 11.9 Å². The molecule has 0 aliphatic heterocycles. The summed E-state index contributed by atoms with van der Waals surface area (Å²) < 4.78 is 23.8. The number of ether oxygens (including phenoxy) is 2. The van der Waals surface area contributed by atoms with E-state index in [-0.39, 0.29) is 0 Å². The minimum atomic E-state index is -0.431. The molecule has 0 saturated heterocycles. The number of rotatable bonds is 5. The van der Waals surface area contributed by atoms with Gasteiger partial charge in [-0.2, -0.15) is 0 Å². The molecule has 0 aliphatic carbocycles. The Labute approximate surface area is 116 Å². The van der Waals surface area contributed by atoms with Crippen molar-refractivity contribution in [1.29, 1.82) is 0 Å². The van der Waals surface area contributed by atoms with Crippen LogP contribution in [0.15, 0.2) is 36.7 Å². The van der Waals surface area contributed by atoms with Crippen LogP contribution < -0.4 is 20.7 Å². The van der Waals surface area contributed by atoms with E-state index >= 15 is 0 Å². The van der Waals surface area contributed by atoms with Gasteiger partial charge in [-0.25, -0.2) is 9.82 Å². The zero-order valence-electron chi connectivity index (χ0n) is 11.3. The van der Waals surface area contributed by atoms with Crippen molar-refractivity contribution >= 4 is 0 Å². The number of hydrogen-bond donors (Lipinski definition) is 2. The summed E-state index contributed by atoms with van der Waals surface area (Å²) in [6, 6.07) is 6.29. The smallest absolute Gasteiger partial charge is 0.141 e. The second kappa shape index (κ2) is 6.31. The van der Waals surface area contributed by atoms with Gasteiger partial charge in [0.25, 0.3) is 0 Å². The van der Waals surface area contributed by atoms with Crippen molar-refractivity contribution in [3.8, 4) is 11.5 Å². The van der Waals surface area contributed by atoms with Crippen LogP contribution in [0.1, 0.15) is 17.2 Å². The summed E-state index contributed by atoms with van der Waals surface area (Å²) in [7, 11) is 3.12. The maximum atomic E-state index is 13.3.